The van der Waals surface area contributed by atoms with Crippen LogP contribution in [-0.4, -0.2) is 45.2 Å². The third-order valence-electron chi connectivity index (χ3n) is 4.33. The molecule has 0 spiro atoms. The van der Waals surface area contributed by atoms with Gasteiger partial charge >= 0.3 is 0 Å². The van der Waals surface area contributed by atoms with E-state index in [0.29, 0.717) is 5.56 Å². The van der Waals surface area contributed by atoms with Crippen molar-refractivity contribution in [3.05, 3.63) is 47.3 Å². The number of benzene rings is 1. The summed E-state index contributed by atoms with van der Waals surface area (Å²) in [5.74, 6) is 0.744. The summed E-state index contributed by atoms with van der Waals surface area (Å²) in [5, 5.41) is 13.3. The average molecular weight is 390 g/mol. The lowest BCUT2D eigenvalue weighted by Crippen LogP contribution is -2.37. The normalized spacial score (nSPS) is 12.5. The fourth-order valence-electron chi connectivity index (χ4n) is 2.86. The van der Waals surface area contributed by atoms with Gasteiger partial charge in [-0.05, 0) is 62.6 Å². The summed E-state index contributed by atoms with van der Waals surface area (Å²) >= 11 is 3.27. The highest BCUT2D eigenvalue weighted by Crippen LogP contribution is 2.28. The molecule has 3 rings (SSSR count). The van der Waals surface area contributed by atoms with Crippen LogP contribution in [0.25, 0.3) is 15.3 Å². The van der Waals surface area contributed by atoms with Crippen molar-refractivity contribution in [1.82, 2.24) is 14.9 Å². The number of thioether (sulfide) groups is 1. The van der Waals surface area contributed by atoms with Crippen molar-refractivity contribution in [2.75, 3.05) is 18.6 Å². The van der Waals surface area contributed by atoms with Crippen LogP contribution in [0.4, 0.5) is 0 Å². The molecule has 3 aromatic rings. The second-order valence-corrected chi connectivity index (χ2v) is 8.26. The standard InChI is InChI=1S/C19H23N3O2S2/c1-12-4-5-13(2)22(12)19-21-16-7-6-14(10-17(16)26-19)18(24)20-15(11-23)8-9-25-3/h4-7,10,15,23H,8-9,11H2,1-3H3,(H,20,24). The molecule has 1 unspecified atom stereocenters. The minimum atomic E-state index is -0.215. The lowest BCUT2D eigenvalue weighted by atomic mass is 10.1. The second kappa shape index (κ2) is 8.24. The monoisotopic (exact) mass is 389 g/mol. The van der Waals surface area contributed by atoms with Crippen molar-refractivity contribution in [3.8, 4) is 5.13 Å². The molecule has 2 aromatic heterocycles. The third kappa shape index (κ3) is 3.95. The maximum Gasteiger partial charge on any atom is 0.251 e. The van der Waals surface area contributed by atoms with Crippen LogP contribution in [0.5, 0.6) is 0 Å². The van der Waals surface area contributed by atoms with Gasteiger partial charge < -0.3 is 10.4 Å². The zero-order valence-electron chi connectivity index (χ0n) is 15.2. The molecular weight excluding hydrogens is 366 g/mol. The Hall–Kier alpha value is -1.83. The molecule has 26 heavy (non-hydrogen) atoms. The number of fused-ring (bicyclic) bond motifs is 1. The fourth-order valence-corrected chi connectivity index (χ4v) is 4.50. The quantitative estimate of drug-likeness (QED) is 0.648. The van der Waals surface area contributed by atoms with E-state index in [-0.39, 0.29) is 18.6 Å². The van der Waals surface area contributed by atoms with Gasteiger partial charge in [0.25, 0.3) is 5.91 Å². The molecular formula is C19H23N3O2S2. The highest BCUT2D eigenvalue weighted by molar-refractivity contribution is 7.98. The van der Waals surface area contributed by atoms with Crippen LogP contribution >= 0.6 is 23.1 Å². The van der Waals surface area contributed by atoms with Gasteiger partial charge in [0.1, 0.15) is 0 Å². The molecule has 7 heteroatoms. The number of aryl methyl sites for hydroxylation is 2. The number of amides is 1. The Kier molecular flexibility index (Phi) is 6.01. The lowest BCUT2D eigenvalue weighted by Gasteiger charge is -2.15. The summed E-state index contributed by atoms with van der Waals surface area (Å²) in [5.41, 5.74) is 3.75. The average Bonchev–Trinajstić information content (AvgIpc) is 3.19. The van der Waals surface area contributed by atoms with Crippen molar-refractivity contribution < 1.29 is 9.90 Å². The van der Waals surface area contributed by atoms with Gasteiger partial charge in [-0.1, -0.05) is 11.3 Å². The predicted molar refractivity (Wildman–Crippen MR) is 110 cm³/mol. The molecule has 0 fully saturated rings. The van der Waals surface area contributed by atoms with Crippen molar-refractivity contribution in [1.29, 1.82) is 0 Å². The van der Waals surface area contributed by atoms with Crippen molar-refractivity contribution in [2.45, 2.75) is 26.3 Å². The van der Waals surface area contributed by atoms with Crippen LogP contribution < -0.4 is 5.32 Å². The number of carbonyl (C=O) groups is 1. The Morgan fingerprint density at radius 1 is 1.31 bits per heavy atom. The van der Waals surface area contributed by atoms with E-state index >= 15 is 0 Å². The number of nitrogens with one attached hydrogen (secondary N) is 1. The van der Waals surface area contributed by atoms with Gasteiger partial charge in [-0.15, -0.1) is 0 Å². The van der Waals surface area contributed by atoms with Crippen LogP contribution in [0, 0.1) is 13.8 Å². The van der Waals surface area contributed by atoms with Crippen molar-refractivity contribution in [2.24, 2.45) is 0 Å². The Morgan fingerprint density at radius 3 is 2.69 bits per heavy atom. The summed E-state index contributed by atoms with van der Waals surface area (Å²) in [6, 6.07) is 9.48. The molecule has 0 aliphatic heterocycles. The van der Waals surface area contributed by atoms with Crippen molar-refractivity contribution >= 4 is 39.2 Å². The largest absolute Gasteiger partial charge is 0.394 e. The number of hydrogen-bond acceptors (Lipinski definition) is 5. The fraction of sp³-hybridized carbons (Fsp3) is 0.368. The number of thiazole rings is 1. The third-order valence-corrected chi connectivity index (χ3v) is 5.98. The SMILES string of the molecule is CSCCC(CO)NC(=O)c1ccc2nc(-n3c(C)ccc3C)sc2c1. The molecule has 0 bridgehead atoms. The maximum atomic E-state index is 12.5. The van der Waals surface area contributed by atoms with E-state index in [9.17, 15) is 9.90 Å². The van der Waals surface area contributed by atoms with E-state index in [0.717, 1.165) is 38.9 Å². The molecule has 0 saturated heterocycles. The van der Waals surface area contributed by atoms with Gasteiger partial charge in [0.2, 0.25) is 0 Å². The van der Waals surface area contributed by atoms with E-state index in [1.54, 1.807) is 29.2 Å². The molecule has 5 nitrogen and oxygen atoms in total. The highest BCUT2D eigenvalue weighted by atomic mass is 32.2. The van der Waals surface area contributed by atoms with Crippen LogP contribution in [0.1, 0.15) is 28.2 Å². The number of aliphatic hydroxyl groups is 1. The van der Waals surface area contributed by atoms with Gasteiger partial charge in [0.05, 0.1) is 22.9 Å². The van der Waals surface area contributed by atoms with E-state index in [2.05, 4.69) is 35.9 Å². The van der Waals surface area contributed by atoms with Crippen LogP contribution in [-0.2, 0) is 0 Å². The Labute approximate surface area is 161 Å². The van der Waals surface area contributed by atoms with Gasteiger partial charge in [-0.25, -0.2) is 4.98 Å². The molecule has 1 amide bonds. The zero-order valence-corrected chi connectivity index (χ0v) is 16.8. The van der Waals surface area contributed by atoms with Crippen LogP contribution in [0.15, 0.2) is 30.3 Å². The minimum absolute atomic E-state index is 0.0502. The van der Waals surface area contributed by atoms with Crippen molar-refractivity contribution in [3.63, 3.8) is 0 Å². The summed E-state index contributed by atoms with van der Waals surface area (Å²) in [6.07, 6.45) is 2.77. The number of rotatable bonds is 7. The number of aromatic nitrogens is 2. The molecule has 2 N–H and O–H groups in total. The Morgan fingerprint density at radius 2 is 2.04 bits per heavy atom. The number of nitrogens with zero attached hydrogens (tertiary/aromatic N) is 2. The molecule has 1 aromatic carbocycles. The summed E-state index contributed by atoms with van der Waals surface area (Å²) in [4.78, 5) is 17.2. The zero-order chi connectivity index (χ0) is 18.7. The smallest absolute Gasteiger partial charge is 0.251 e. The summed E-state index contributed by atoms with van der Waals surface area (Å²) in [6.45, 7) is 4.06. The molecule has 0 saturated carbocycles. The van der Waals surface area contributed by atoms with Gasteiger partial charge in [0.15, 0.2) is 5.13 Å². The summed E-state index contributed by atoms with van der Waals surface area (Å²) < 4.78 is 3.10. The molecule has 2 heterocycles. The minimum Gasteiger partial charge on any atom is -0.394 e. The highest BCUT2D eigenvalue weighted by Gasteiger charge is 2.15. The first-order valence-corrected chi connectivity index (χ1v) is 10.7. The van der Waals surface area contributed by atoms with Crippen LogP contribution in [0.2, 0.25) is 0 Å². The van der Waals surface area contributed by atoms with Gasteiger partial charge in [-0.2, -0.15) is 11.8 Å². The van der Waals surface area contributed by atoms with Gasteiger partial charge in [-0.3, -0.25) is 9.36 Å². The molecule has 0 aliphatic rings. The number of hydrogen-bond donors (Lipinski definition) is 2. The molecule has 0 aliphatic carbocycles. The second-order valence-electron chi connectivity index (χ2n) is 6.26. The van der Waals surface area contributed by atoms with Crippen LogP contribution in [0.3, 0.4) is 0 Å². The number of aliphatic hydroxyl groups excluding tert-OH is 1. The van der Waals surface area contributed by atoms with Gasteiger partial charge in [0, 0.05) is 17.0 Å². The lowest BCUT2D eigenvalue weighted by molar-refractivity contribution is 0.0915. The first kappa shape index (κ1) is 18.9. The topological polar surface area (TPSA) is 67.2 Å². The number of carbonyl (C=O) groups excluding carboxylic acids is 1. The first-order chi connectivity index (χ1) is 12.5. The first-order valence-electron chi connectivity index (χ1n) is 8.50. The van der Waals surface area contributed by atoms with E-state index in [4.69, 9.17) is 4.98 Å². The van der Waals surface area contributed by atoms with E-state index in [1.807, 2.05) is 18.4 Å². The summed E-state index contributed by atoms with van der Waals surface area (Å²) in [7, 11) is 0. The molecule has 1 atom stereocenters. The Balaban J connectivity index is 1.84. The maximum absolute atomic E-state index is 12.5. The molecule has 0 radical (unpaired) electrons. The van der Waals surface area contributed by atoms with E-state index in [1.165, 1.54) is 0 Å². The Bertz CT molecular complexity index is 897. The van der Waals surface area contributed by atoms with E-state index < -0.39 is 0 Å². The predicted octanol–water partition coefficient (Wildman–Crippen LogP) is 3.55. The molecule has 138 valence electrons.